The van der Waals surface area contributed by atoms with Gasteiger partial charge in [-0.25, -0.2) is 4.79 Å². The predicted octanol–water partition coefficient (Wildman–Crippen LogP) is 2.38. The Morgan fingerprint density at radius 3 is 2.59 bits per heavy atom. The molecule has 0 saturated carbocycles. The van der Waals surface area contributed by atoms with Gasteiger partial charge in [0.15, 0.2) is 0 Å². The summed E-state index contributed by atoms with van der Waals surface area (Å²) in [5.41, 5.74) is 1.26. The van der Waals surface area contributed by atoms with E-state index in [1.807, 2.05) is 6.07 Å². The first-order valence-corrected chi connectivity index (χ1v) is 5.88. The summed E-state index contributed by atoms with van der Waals surface area (Å²) >= 11 is 0. The fourth-order valence-electron chi connectivity index (χ4n) is 2.21. The van der Waals surface area contributed by atoms with Crippen molar-refractivity contribution in [1.82, 2.24) is 0 Å². The van der Waals surface area contributed by atoms with Crippen LogP contribution in [0.1, 0.15) is 29.6 Å². The lowest BCUT2D eigenvalue weighted by Gasteiger charge is -2.30. The lowest BCUT2D eigenvalue weighted by atomic mass is 10.1. The molecule has 1 aromatic carbocycles. The van der Waals surface area contributed by atoms with Crippen molar-refractivity contribution in [3.05, 3.63) is 23.8 Å². The van der Waals surface area contributed by atoms with E-state index in [0.717, 1.165) is 18.8 Å². The average Bonchev–Trinajstić information content (AvgIpc) is 2.39. The van der Waals surface area contributed by atoms with Gasteiger partial charge < -0.3 is 14.7 Å². The van der Waals surface area contributed by atoms with Gasteiger partial charge >= 0.3 is 5.97 Å². The molecule has 0 aromatic heterocycles. The number of rotatable bonds is 3. The summed E-state index contributed by atoms with van der Waals surface area (Å²) in [5.74, 6) is -0.278. The van der Waals surface area contributed by atoms with Gasteiger partial charge in [-0.15, -0.1) is 0 Å². The highest BCUT2D eigenvalue weighted by molar-refractivity contribution is 5.89. The van der Waals surface area contributed by atoms with E-state index in [4.69, 9.17) is 9.84 Å². The van der Waals surface area contributed by atoms with Gasteiger partial charge in [-0.05, 0) is 37.5 Å². The van der Waals surface area contributed by atoms with Gasteiger partial charge in [0.2, 0.25) is 0 Å². The maximum absolute atomic E-state index is 10.9. The van der Waals surface area contributed by atoms with Crippen LogP contribution in [0.25, 0.3) is 0 Å². The minimum absolute atomic E-state index is 0.266. The van der Waals surface area contributed by atoms with Crippen LogP contribution >= 0.6 is 0 Å². The fourth-order valence-corrected chi connectivity index (χ4v) is 2.21. The zero-order valence-electron chi connectivity index (χ0n) is 9.98. The van der Waals surface area contributed by atoms with Crippen molar-refractivity contribution >= 4 is 11.7 Å². The van der Waals surface area contributed by atoms with E-state index in [-0.39, 0.29) is 5.56 Å². The second-order valence-corrected chi connectivity index (χ2v) is 4.24. The van der Waals surface area contributed by atoms with Crippen molar-refractivity contribution in [2.45, 2.75) is 19.3 Å². The molecular formula is C13H17NO3. The third-order valence-electron chi connectivity index (χ3n) is 3.12. The smallest absolute Gasteiger partial charge is 0.335 e. The Bertz CT molecular complexity index is 411. The summed E-state index contributed by atoms with van der Waals surface area (Å²) in [7, 11) is 1.58. The maximum Gasteiger partial charge on any atom is 0.335 e. The number of hydrogen-bond donors (Lipinski definition) is 1. The van der Waals surface area contributed by atoms with Crippen molar-refractivity contribution in [3.63, 3.8) is 0 Å². The third-order valence-corrected chi connectivity index (χ3v) is 3.12. The summed E-state index contributed by atoms with van der Waals surface area (Å²) in [5, 5.41) is 8.94. The molecule has 0 radical (unpaired) electrons. The molecule has 1 aromatic rings. The molecule has 0 spiro atoms. The van der Waals surface area contributed by atoms with Gasteiger partial charge in [0.1, 0.15) is 5.75 Å². The molecule has 17 heavy (non-hydrogen) atoms. The normalized spacial score (nSPS) is 15.7. The van der Waals surface area contributed by atoms with E-state index in [2.05, 4.69) is 4.90 Å². The number of aromatic carboxylic acids is 1. The molecule has 92 valence electrons. The van der Waals surface area contributed by atoms with Crippen molar-refractivity contribution in [2.24, 2.45) is 0 Å². The molecule has 0 unspecified atom stereocenters. The molecule has 0 bridgehead atoms. The van der Waals surface area contributed by atoms with E-state index in [0.29, 0.717) is 5.75 Å². The summed E-state index contributed by atoms with van der Waals surface area (Å²) in [6.07, 6.45) is 3.64. The molecule has 0 atom stereocenters. The molecule has 0 aliphatic carbocycles. The molecule has 1 saturated heterocycles. The number of hydrogen-bond acceptors (Lipinski definition) is 3. The number of ether oxygens (including phenoxy) is 1. The average molecular weight is 235 g/mol. The lowest BCUT2D eigenvalue weighted by Crippen LogP contribution is -2.29. The van der Waals surface area contributed by atoms with Crippen LogP contribution in [0.15, 0.2) is 18.2 Å². The second kappa shape index (κ2) is 5.08. The number of carboxylic acids is 1. The number of carbonyl (C=O) groups is 1. The zero-order valence-corrected chi connectivity index (χ0v) is 9.98. The Kier molecular flexibility index (Phi) is 3.52. The number of carboxylic acid groups (broad SMARTS) is 1. The minimum atomic E-state index is -0.923. The van der Waals surface area contributed by atoms with Crippen molar-refractivity contribution in [3.8, 4) is 5.75 Å². The van der Waals surface area contributed by atoms with Gasteiger partial charge in [-0.2, -0.15) is 0 Å². The number of piperidine rings is 1. The van der Waals surface area contributed by atoms with Crippen LogP contribution in [-0.4, -0.2) is 31.3 Å². The van der Waals surface area contributed by atoms with Gasteiger partial charge in [0.25, 0.3) is 0 Å². The summed E-state index contributed by atoms with van der Waals surface area (Å²) < 4.78 is 5.28. The summed E-state index contributed by atoms with van der Waals surface area (Å²) in [6.45, 7) is 2.03. The molecule has 1 aliphatic rings. The van der Waals surface area contributed by atoms with Crippen LogP contribution in [0.3, 0.4) is 0 Å². The Morgan fingerprint density at radius 2 is 2.00 bits per heavy atom. The second-order valence-electron chi connectivity index (χ2n) is 4.24. The van der Waals surface area contributed by atoms with E-state index in [1.54, 1.807) is 19.2 Å². The quantitative estimate of drug-likeness (QED) is 0.874. The number of anilines is 1. The van der Waals surface area contributed by atoms with Crippen LogP contribution in [0.5, 0.6) is 5.75 Å². The van der Waals surface area contributed by atoms with Gasteiger partial charge in [0, 0.05) is 13.1 Å². The topological polar surface area (TPSA) is 49.8 Å². The van der Waals surface area contributed by atoms with Crippen LogP contribution in [0.2, 0.25) is 0 Å². The first-order valence-electron chi connectivity index (χ1n) is 5.88. The van der Waals surface area contributed by atoms with Crippen molar-refractivity contribution in [2.75, 3.05) is 25.1 Å². The first kappa shape index (κ1) is 11.8. The lowest BCUT2D eigenvalue weighted by molar-refractivity contribution is 0.0696. The Balaban J connectivity index is 2.29. The summed E-state index contributed by atoms with van der Waals surface area (Å²) in [4.78, 5) is 13.1. The van der Waals surface area contributed by atoms with Gasteiger partial charge in [-0.3, -0.25) is 0 Å². The highest BCUT2D eigenvalue weighted by Gasteiger charge is 2.16. The van der Waals surface area contributed by atoms with Gasteiger partial charge in [-0.1, -0.05) is 0 Å². The van der Waals surface area contributed by atoms with Crippen LogP contribution in [0.4, 0.5) is 5.69 Å². The Labute approximate surface area is 101 Å². The van der Waals surface area contributed by atoms with Crippen molar-refractivity contribution < 1.29 is 14.6 Å². The zero-order chi connectivity index (χ0) is 12.3. The number of nitrogens with zero attached hydrogens (tertiary/aromatic N) is 1. The molecule has 1 N–H and O–H groups in total. The SMILES string of the molecule is COc1cc(C(=O)O)ccc1N1CCCCC1. The highest BCUT2D eigenvalue weighted by atomic mass is 16.5. The Hall–Kier alpha value is -1.71. The molecular weight excluding hydrogens is 218 g/mol. The van der Waals surface area contributed by atoms with E-state index >= 15 is 0 Å². The molecule has 1 fully saturated rings. The van der Waals surface area contributed by atoms with Gasteiger partial charge in [0.05, 0.1) is 18.4 Å². The molecule has 4 heteroatoms. The van der Waals surface area contributed by atoms with Crippen LogP contribution in [0, 0.1) is 0 Å². The largest absolute Gasteiger partial charge is 0.495 e. The Morgan fingerprint density at radius 1 is 1.29 bits per heavy atom. The van der Waals surface area contributed by atoms with Crippen LogP contribution < -0.4 is 9.64 Å². The highest BCUT2D eigenvalue weighted by Crippen LogP contribution is 2.31. The van der Waals surface area contributed by atoms with Crippen molar-refractivity contribution in [1.29, 1.82) is 0 Å². The molecule has 0 amide bonds. The number of benzene rings is 1. The molecule has 1 heterocycles. The number of methoxy groups -OCH3 is 1. The molecule has 2 rings (SSSR count). The standard InChI is InChI=1S/C13H17NO3/c1-17-12-9-10(13(15)16)5-6-11(12)14-7-3-2-4-8-14/h5-6,9H,2-4,7-8H2,1H3,(H,15,16). The first-order chi connectivity index (χ1) is 8.22. The molecule has 4 nitrogen and oxygen atoms in total. The van der Waals surface area contributed by atoms with E-state index in [9.17, 15) is 4.79 Å². The van der Waals surface area contributed by atoms with Crippen LogP contribution in [-0.2, 0) is 0 Å². The minimum Gasteiger partial charge on any atom is -0.495 e. The summed E-state index contributed by atoms with van der Waals surface area (Å²) in [6, 6.07) is 5.06. The predicted molar refractivity (Wildman–Crippen MR) is 66.0 cm³/mol. The third kappa shape index (κ3) is 2.52. The van der Waals surface area contributed by atoms with E-state index in [1.165, 1.54) is 19.3 Å². The maximum atomic E-state index is 10.9. The fraction of sp³-hybridized carbons (Fsp3) is 0.462. The molecule has 1 aliphatic heterocycles. The van der Waals surface area contributed by atoms with E-state index < -0.39 is 5.97 Å². The monoisotopic (exact) mass is 235 g/mol.